The Kier molecular flexibility index (Phi) is 3.29. The Morgan fingerprint density at radius 3 is 2.50 bits per heavy atom. The molecule has 0 radical (unpaired) electrons. The van der Waals surface area contributed by atoms with E-state index in [1.54, 1.807) is 12.1 Å². The molecule has 76 valence electrons. The van der Waals surface area contributed by atoms with Gasteiger partial charge in [-0.1, -0.05) is 0 Å². The first-order chi connectivity index (χ1) is 6.50. The zero-order valence-electron chi connectivity index (χ0n) is 7.30. The smallest absolute Gasteiger partial charge is 0.312 e. The molecule has 2 N–H and O–H groups in total. The molecular weight excluding hydrogens is 210 g/mol. The van der Waals surface area contributed by atoms with Crippen molar-refractivity contribution < 1.29 is 13.5 Å². The van der Waals surface area contributed by atoms with Gasteiger partial charge in [-0.2, -0.15) is 8.78 Å². The summed E-state index contributed by atoms with van der Waals surface area (Å²) in [5.41, 5.74) is 0. The van der Waals surface area contributed by atoms with Gasteiger partial charge in [0.25, 0.3) is 5.90 Å². The summed E-state index contributed by atoms with van der Waals surface area (Å²) in [5.74, 6) is -1.60. The Bertz CT molecular complexity index is 362. The number of hydrogen-bond acceptors (Lipinski definition) is 4. The predicted octanol–water partition coefficient (Wildman–Crippen LogP) is 2.64. The summed E-state index contributed by atoms with van der Waals surface area (Å²) in [6.07, 6.45) is -2.98. The minimum Gasteiger partial charge on any atom is -0.418 e. The third-order valence-corrected chi connectivity index (χ3v) is 2.37. The van der Waals surface area contributed by atoms with Gasteiger partial charge in [0.1, 0.15) is 0 Å². The number of hydrogen-bond donors (Lipinski definition) is 2. The molecule has 1 rings (SSSR count). The second-order valence-corrected chi connectivity index (χ2v) is 3.79. The van der Waals surface area contributed by atoms with Crippen molar-refractivity contribution in [3.8, 4) is 0 Å². The molecule has 0 saturated carbocycles. The highest BCUT2D eigenvalue weighted by molar-refractivity contribution is 7.13. The standard InChI is InChI=1S/C8H8F2N2OS/c1-4-2-3-5(14-4)7(11)13-8(12)6(9)10/h2-3,6,11-12H,1H3. The molecule has 0 aliphatic carbocycles. The first-order valence-corrected chi connectivity index (χ1v) is 4.52. The Hall–Kier alpha value is -1.30. The van der Waals surface area contributed by atoms with E-state index in [0.717, 1.165) is 4.88 Å². The van der Waals surface area contributed by atoms with Crippen molar-refractivity contribution in [2.24, 2.45) is 0 Å². The Labute approximate surface area is 83.3 Å². The predicted molar refractivity (Wildman–Crippen MR) is 50.7 cm³/mol. The molecule has 0 fully saturated rings. The number of alkyl halides is 2. The molecule has 0 aliphatic rings. The molecule has 0 atom stereocenters. The molecule has 1 aromatic heterocycles. The number of ether oxygens (including phenoxy) is 1. The van der Waals surface area contributed by atoms with Gasteiger partial charge in [-0.15, -0.1) is 11.3 Å². The first-order valence-electron chi connectivity index (χ1n) is 3.70. The van der Waals surface area contributed by atoms with E-state index < -0.39 is 18.2 Å². The van der Waals surface area contributed by atoms with E-state index in [1.165, 1.54) is 11.3 Å². The van der Waals surface area contributed by atoms with E-state index in [2.05, 4.69) is 4.74 Å². The lowest BCUT2D eigenvalue weighted by Gasteiger charge is -2.04. The third kappa shape index (κ3) is 2.59. The highest BCUT2D eigenvalue weighted by Gasteiger charge is 2.16. The van der Waals surface area contributed by atoms with E-state index in [1.807, 2.05) is 6.92 Å². The molecule has 0 saturated heterocycles. The topological polar surface area (TPSA) is 56.9 Å². The average molecular weight is 218 g/mol. The van der Waals surface area contributed by atoms with Crippen LogP contribution in [0, 0.1) is 17.7 Å². The lowest BCUT2D eigenvalue weighted by Crippen LogP contribution is -2.17. The summed E-state index contributed by atoms with van der Waals surface area (Å²) in [4.78, 5) is 1.39. The number of rotatable bonds is 2. The van der Waals surface area contributed by atoms with Gasteiger partial charge in [-0.25, -0.2) is 0 Å². The fourth-order valence-corrected chi connectivity index (χ4v) is 1.51. The number of thiophene rings is 1. The van der Waals surface area contributed by atoms with Crippen molar-refractivity contribution >= 4 is 23.1 Å². The van der Waals surface area contributed by atoms with Crippen LogP contribution in [0.3, 0.4) is 0 Å². The van der Waals surface area contributed by atoms with E-state index in [4.69, 9.17) is 10.8 Å². The zero-order chi connectivity index (χ0) is 10.7. The summed E-state index contributed by atoms with van der Waals surface area (Å²) < 4.78 is 28.1. The lowest BCUT2D eigenvalue weighted by molar-refractivity contribution is 0.197. The van der Waals surface area contributed by atoms with Gasteiger partial charge in [0.15, 0.2) is 0 Å². The van der Waals surface area contributed by atoms with E-state index >= 15 is 0 Å². The van der Waals surface area contributed by atoms with Crippen LogP contribution in [0.2, 0.25) is 0 Å². The van der Waals surface area contributed by atoms with Crippen LogP contribution in [-0.4, -0.2) is 18.2 Å². The summed E-state index contributed by atoms with van der Waals surface area (Å²) in [7, 11) is 0. The van der Waals surface area contributed by atoms with E-state index in [-0.39, 0.29) is 0 Å². The fraction of sp³-hybridized carbons (Fsp3) is 0.250. The van der Waals surface area contributed by atoms with Crippen LogP contribution in [-0.2, 0) is 4.74 Å². The number of nitrogens with one attached hydrogen (secondary N) is 2. The summed E-state index contributed by atoms with van der Waals surface area (Å²) >= 11 is 1.26. The molecule has 0 amide bonds. The molecule has 0 bridgehead atoms. The fourth-order valence-electron chi connectivity index (χ4n) is 0.761. The highest BCUT2D eigenvalue weighted by Crippen LogP contribution is 2.16. The second-order valence-electron chi connectivity index (χ2n) is 2.51. The second kappa shape index (κ2) is 4.28. The average Bonchev–Trinajstić information content (AvgIpc) is 2.51. The largest absolute Gasteiger partial charge is 0.418 e. The molecule has 0 aromatic carbocycles. The zero-order valence-corrected chi connectivity index (χ0v) is 8.12. The van der Waals surface area contributed by atoms with Crippen molar-refractivity contribution in [2.45, 2.75) is 13.3 Å². The van der Waals surface area contributed by atoms with Crippen LogP contribution in [0.15, 0.2) is 12.1 Å². The number of aryl methyl sites for hydroxylation is 1. The first kappa shape index (κ1) is 10.8. The van der Waals surface area contributed by atoms with Crippen molar-refractivity contribution in [3.05, 3.63) is 21.9 Å². The van der Waals surface area contributed by atoms with Crippen LogP contribution in [0.1, 0.15) is 9.75 Å². The lowest BCUT2D eigenvalue weighted by atomic mass is 10.4. The molecule has 1 aromatic rings. The molecule has 1 heterocycles. The summed E-state index contributed by atoms with van der Waals surface area (Å²) in [6, 6.07) is 3.35. The summed E-state index contributed by atoms with van der Waals surface area (Å²) in [5, 5.41) is 14.0. The third-order valence-electron chi connectivity index (χ3n) is 1.37. The van der Waals surface area contributed by atoms with Gasteiger partial charge in [0, 0.05) is 4.88 Å². The number of halogens is 2. The monoisotopic (exact) mass is 218 g/mol. The Morgan fingerprint density at radius 1 is 1.43 bits per heavy atom. The molecular formula is C8H8F2N2OS. The highest BCUT2D eigenvalue weighted by atomic mass is 32.1. The molecule has 0 unspecified atom stereocenters. The Morgan fingerprint density at radius 2 is 2.07 bits per heavy atom. The van der Waals surface area contributed by atoms with Crippen LogP contribution in [0.4, 0.5) is 8.78 Å². The van der Waals surface area contributed by atoms with Gasteiger partial charge < -0.3 is 4.74 Å². The maximum absolute atomic E-state index is 11.9. The van der Waals surface area contributed by atoms with Crippen LogP contribution in [0.5, 0.6) is 0 Å². The molecule has 0 spiro atoms. The van der Waals surface area contributed by atoms with Gasteiger partial charge in [-0.05, 0) is 19.1 Å². The van der Waals surface area contributed by atoms with Gasteiger partial charge >= 0.3 is 6.43 Å². The van der Waals surface area contributed by atoms with E-state index in [9.17, 15) is 8.78 Å². The van der Waals surface area contributed by atoms with Crippen molar-refractivity contribution in [2.75, 3.05) is 0 Å². The quantitative estimate of drug-likeness (QED) is 0.581. The van der Waals surface area contributed by atoms with Crippen LogP contribution < -0.4 is 0 Å². The van der Waals surface area contributed by atoms with Gasteiger partial charge in [-0.3, -0.25) is 10.8 Å². The molecule has 6 heteroatoms. The minimum absolute atomic E-state index is 0.409. The molecule has 0 aliphatic heterocycles. The Balaban J connectivity index is 2.64. The maximum atomic E-state index is 11.9. The van der Waals surface area contributed by atoms with Crippen LogP contribution >= 0.6 is 11.3 Å². The van der Waals surface area contributed by atoms with Crippen LogP contribution in [0.25, 0.3) is 0 Å². The SMILES string of the molecule is Cc1ccc(C(=N)OC(=N)C(F)F)s1. The summed E-state index contributed by atoms with van der Waals surface area (Å²) in [6.45, 7) is 1.83. The van der Waals surface area contributed by atoms with Gasteiger partial charge in [0.05, 0.1) is 4.88 Å². The minimum atomic E-state index is -2.98. The van der Waals surface area contributed by atoms with Gasteiger partial charge in [0.2, 0.25) is 5.90 Å². The van der Waals surface area contributed by atoms with Crippen molar-refractivity contribution in [1.82, 2.24) is 0 Å². The molecule has 14 heavy (non-hydrogen) atoms. The maximum Gasteiger partial charge on any atom is 0.312 e. The molecule has 3 nitrogen and oxygen atoms in total. The van der Waals surface area contributed by atoms with E-state index in [0.29, 0.717) is 4.88 Å². The van der Waals surface area contributed by atoms with Crippen molar-refractivity contribution in [1.29, 1.82) is 10.8 Å². The van der Waals surface area contributed by atoms with Crippen molar-refractivity contribution in [3.63, 3.8) is 0 Å². The normalized spacial score (nSPS) is 10.3.